The lowest BCUT2D eigenvalue weighted by atomic mass is 9.81. The second-order valence-electron chi connectivity index (χ2n) is 9.89. The fraction of sp³-hybridized carbons (Fsp3) is 0.321. The van der Waals surface area contributed by atoms with E-state index in [-0.39, 0.29) is 36.6 Å². The van der Waals surface area contributed by atoms with E-state index in [0.29, 0.717) is 21.8 Å². The Hall–Kier alpha value is -2.74. The first-order valence-electron chi connectivity index (χ1n) is 12.7. The normalized spacial score (nSPS) is 18.3. The third-order valence-corrected chi connectivity index (χ3v) is 8.57. The minimum absolute atomic E-state index is 0.0448. The predicted molar refractivity (Wildman–Crippen MR) is 158 cm³/mol. The van der Waals surface area contributed by atoms with E-state index in [1.807, 2.05) is 40.8 Å². The van der Waals surface area contributed by atoms with Crippen LogP contribution in [0.5, 0.6) is 0 Å². The topological polar surface area (TPSA) is 107 Å². The van der Waals surface area contributed by atoms with Crippen LogP contribution in [0.2, 0.25) is 0 Å². The van der Waals surface area contributed by atoms with Gasteiger partial charge in [0.25, 0.3) is 5.91 Å². The first-order valence-corrected chi connectivity index (χ1v) is 14.6. The molecule has 2 aliphatic heterocycles. The lowest BCUT2D eigenvalue weighted by Gasteiger charge is -2.51. The molecule has 2 fully saturated rings. The first-order chi connectivity index (χ1) is 18.7. The molecule has 2 aliphatic rings. The van der Waals surface area contributed by atoms with Gasteiger partial charge >= 0.3 is 0 Å². The average Bonchev–Trinajstić information content (AvgIpc) is 2.88. The first kappa shape index (κ1) is 27.8. The van der Waals surface area contributed by atoms with Crippen LogP contribution < -0.4 is 16.0 Å². The lowest BCUT2D eigenvalue weighted by molar-refractivity contribution is -0.114. The van der Waals surface area contributed by atoms with Crippen LogP contribution in [-0.2, 0) is 4.79 Å². The summed E-state index contributed by atoms with van der Waals surface area (Å²) in [5.74, 6) is -0.895. The fourth-order valence-electron chi connectivity index (χ4n) is 4.98. The van der Waals surface area contributed by atoms with Crippen LogP contribution in [0.3, 0.4) is 0 Å². The van der Waals surface area contributed by atoms with Crippen molar-refractivity contribution < 1.29 is 19.1 Å². The quantitative estimate of drug-likeness (QED) is 0.264. The largest absolute Gasteiger partial charge is 0.385 e. The second-order valence-corrected chi connectivity index (χ2v) is 12.2. The summed E-state index contributed by atoms with van der Waals surface area (Å²) in [6, 6.07) is 12.1. The molecule has 1 aromatic heterocycles. The second kappa shape index (κ2) is 11.8. The molecule has 2 aromatic carbocycles. The Balaban J connectivity index is 1.46. The Morgan fingerprint density at radius 3 is 2.72 bits per heavy atom. The van der Waals surface area contributed by atoms with Crippen LogP contribution >= 0.6 is 34.4 Å². The molecule has 8 nitrogen and oxygen atoms in total. The van der Waals surface area contributed by atoms with Crippen molar-refractivity contribution in [2.45, 2.75) is 47.6 Å². The number of carbonyl (C=O) groups is 2. The fourth-order valence-corrected chi connectivity index (χ4v) is 6.44. The molecule has 0 saturated carbocycles. The molecule has 0 spiro atoms. The third-order valence-electron chi connectivity index (χ3n) is 6.88. The smallest absolute Gasteiger partial charge is 0.257 e. The molecule has 2 saturated heterocycles. The number of hydrogen-bond donors (Lipinski definition) is 4. The van der Waals surface area contributed by atoms with Gasteiger partial charge in [0, 0.05) is 38.2 Å². The zero-order valence-corrected chi connectivity index (χ0v) is 24.3. The zero-order chi connectivity index (χ0) is 27.6. The Morgan fingerprint density at radius 2 is 2.00 bits per heavy atom. The SMILES string of the molecule is CC(=O)Nc1cccc(Sc2cncc(Nc3ccc(I)cc3F)c2C(=O)N2CC(O)(C3CCCCN3)C2)c1. The van der Waals surface area contributed by atoms with Crippen LogP contribution in [0.25, 0.3) is 0 Å². The molecule has 0 aliphatic carbocycles. The molecule has 39 heavy (non-hydrogen) atoms. The number of aliphatic hydroxyl groups is 1. The molecule has 1 atom stereocenters. The van der Waals surface area contributed by atoms with Gasteiger partial charge in [-0.1, -0.05) is 24.2 Å². The minimum atomic E-state index is -0.973. The van der Waals surface area contributed by atoms with Crippen LogP contribution in [0, 0.1) is 9.39 Å². The van der Waals surface area contributed by atoms with Crippen LogP contribution in [0.15, 0.2) is 64.6 Å². The standard InChI is InChI=1S/C28H29FIN5O3S/c1-17(36)33-19-5-4-6-20(12-19)39-24-14-31-13-23(34-22-9-8-18(30)11-21(22)29)26(24)27(37)35-15-28(38,16-35)25-7-2-3-10-32-25/h4-6,8-9,11-14,25,32,34,38H,2-3,7,10,15-16H2,1H3,(H,33,36). The van der Waals surface area contributed by atoms with Gasteiger partial charge in [0.2, 0.25) is 5.91 Å². The predicted octanol–water partition coefficient (Wildman–Crippen LogP) is 5.01. The van der Waals surface area contributed by atoms with Crippen molar-refractivity contribution in [2.24, 2.45) is 0 Å². The zero-order valence-electron chi connectivity index (χ0n) is 21.3. The van der Waals surface area contributed by atoms with E-state index in [9.17, 15) is 19.1 Å². The highest BCUT2D eigenvalue weighted by molar-refractivity contribution is 14.1. The van der Waals surface area contributed by atoms with Gasteiger partial charge in [-0.25, -0.2) is 4.39 Å². The number of rotatable bonds is 7. The van der Waals surface area contributed by atoms with Gasteiger partial charge in [0.1, 0.15) is 11.4 Å². The number of nitrogens with zero attached hydrogens (tertiary/aromatic N) is 2. The number of likely N-dealkylation sites (tertiary alicyclic amines) is 1. The van der Waals surface area contributed by atoms with Crippen LogP contribution in [0.4, 0.5) is 21.5 Å². The number of anilines is 3. The molecular weight excluding hydrogens is 632 g/mol. The number of aromatic nitrogens is 1. The number of piperidine rings is 1. The Morgan fingerprint density at radius 1 is 1.18 bits per heavy atom. The summed E-state index contributed by atoms with van der Waals surface area (Å²) in [6.45, 7) is 2.73. The number of amides is 2. The highest BCUT2D eigenvalue weighted by Gasteiger charge is 2.50. The Kier molecular flexibility index (Phi) is 8.40. The van der Waals surface area contributed by atoms with Gasteiger partial charge in [-0.05, 0) is 78.4 Å². The summed E-state index contributed by atoms with van der Waals surface area (Å²) in [4.78, 5) is 32.8. The molecule has 2 amide bonds. The van der Waals surface area contributed by atoms with Gasteiger partial charge in [-0.2, -0.15) is 0 Å². The minimum Gasteiger partial charge on any atom is -0.385 e. The molecular formula is C28H29FIN5O3S. The number of benzene rings is 2. The Bertz CT molecular complexity index is 1400. The molecule has 4 N–H and O–H groups in total. The van der Waals surface area contributed by atoms with Gasteiger partial charge in [0.05, 0.1) is 36.2 Å². The van der Waals surface area contributed by atoms with Crippen molar-refractivity contribution >= 4 is 63.2 Å². The summed E-state index contributed by atoms with van der Waals surface area (Å²) in [5.41, 5.74) is 0.605. The van der Waals surface area contributed by atoms with E-state index >= 15 is 0 Å². The van der Waals surface area contributed by atoms with Gasteiger partial charge in [0.15, 0.2) is 0 Å². The monoisotopic (exact) mass is 661 g/mol. The van der Waals surface area contributed by atoms with Crippen molar-refractivity contribution in [3.63, 3.8) is 0 Å². The third kappa shape index (κ3) is 6.37. The molecule has 5 rings (SSSR count). The van der Waals surface area contributed by atoms with E-state index < -0.39 is 11.4 Å². The highest BCUT2D eigenvalue weighted by atomic mass is 127. The van der Waals surface area contributed by atoms with E-state index in [0.717, 1.165) is 34.3 Å². The van der Waals surface area contributed by atoms with Gasteiger partial charge in [-0.3, -0.25) is 14.6 Å². The number of nitrogens with one attached hydrogen (secondary N) is 3. The van der Waals surface area contributed by atoms with Crippen molar-refractivity contribution in [3.05, 3.63) is 69.8 Å². The number of β-amino-alcohol motifs (C(OH)–C–C–N with tert-alkyl or cyclic N) is 1. The number of hydrogen-bond acceptors (Lipinski definition) is 7. The molecule has 0 radical (unpaired) electrons. The highest BCUT2D eigenvalue weighted by Crippen LogP contribution is 2.38. The van der Waals surface area contributed by atoms with Crippen LogP contribution in [0.1, 0.15) is 36.5 Å². The number of pyridine rings is 1. The summed E-state index contributed by atoms with van der Waals surface area (Å²) < 4.78 is 15.5. The summed E-state index contributed by atoms with van der Waals surface area (Å²) in [7, 11) is 0. The number of halogens is 2. The van der Waals surface area contributed by atoms with E-state index in [1.165, 1.54) is 30.9 Å². The maximum Gasteiger partial charge on any atom is 0.257 e. The van der Waals surface area contributed by atoms with Crippen molar-refractivity contribution in [3.8, 4) is 0 Å². The summed E-state index contributed by atoms with van der Waals surface area (Å²) in [6.07, 6.45) is 6.12. The molecule has 0 bridgehead atoms. The van der Waals surface area contributed by atoms with Crippen LogP contribution in [-0.4, -0.2) is 58.1 Å². The molecule has 11 heteroatoms. The molecule has 3 heterocycles. The summed E-state index contributed by atoms with van der Waals surface area (Å²) in [5, 5.41) is 20.4. The van der Waals surface area contributed by atoms with Gasteiger partial charge in [-0.15, -0.1) is 0 Å². The Labute approximate surface area is 244 Å². The number of carbonyl (C=O) groups excluding carboxylic acids is 2. The maximum absolute atomic E-state index is 14.7. The molecule has 1 unspecified atom stereocenters. The van der Waals surface area contributed by atoms with E-state index in [2.05, 4.69) is 20.9 Å². The maximum atomic E-state index is 14.7. The van der Waals surface area contributed by atoms with Crippen molar-refractivity contribution in [1.29, 1.82) is 0 Å². The van der Waals surface area contributed by atoms with Gasteiger partial charge < -0.3 is 26.0 Å². The van der Waals surface area contributed by atoms with Crippen molar-refractivity contribution in [1.82, 2.24) is 15.2 Å². The molecule has 204 valence electrons. The van der Waals surface area contributed by atoms with Crippen molar-refractivity contribution in [2.75, 3.05) is 30.3 Å². The summed E-state index contributed by atoms with van der Waals surface area (Å²) >= 11 is 3.37. The van der Waals surface area contributed by atoms with E-state index in [1.54, 1.807) is 29.3 Å². The average molecular weight is 662 g/mol. The van der Waals surface area contributed by atoms with E-state index in [4.69, 9.17) is 0 Å². The lowest BCUT2D eigenvalue weighted by Crippen LogP contribution is -2.72. The molecule has 3 aromatic rings.